The molecule has 0 saturated carbocycles. The number of halogens is 10. The third kappa shape index (κ3) is 23.0. The third-order valence-corrected chi connectivity index (χ3v) is 20.5. The fourth-order valence-electron chi connectivity index (χ4n) is 13.1. The lowest BCUT2D eigenvalue weighted by Gasteiger charge is -2.47. The van der Waals surface area contributed by atoms with Crippen LogP contribution in [-0.2, 0) is 87.1 Å². The van der Waals surface area contributed by atoms with Crippen molar-refractivity contribution >= 4 is 65.7 Å². The molecular formula is C70H83F10N12O19PS. The fraction of sp³-hybridized carbons (Fsp3) is 0.514. The zero-order valence-corrected chi connectivity index (χ0v) is 63.7. The first-order chi connectivity index (χ1) is 52.6. The molecule has 3 aromatic carbocycles. The van der Waals surface area contributed by atoms with Crippen LogP contribution in [0.25, 0.3) is 11.3 Å². The van der Waals surface area contributed by atoms with Gasteiger partial charge in [-0.25, -0.2) is 47.4 Å². The number of hydrogen-bond donors (Lipinski definition) is 8. The van der Waals surface area contributed by atoms with Gasteiger partial charge in [0.2, 0.25) is 17.8 Å². The van der Waals surface area contributed by atoms with Crippen LogP contribution in [0.2, 0.25) is 0 Å². The van der Waals surface area contributed by atoms with Gasteiger partial charge in [-0.1, -0.05) is 50.0 Å². The summed E-state index contributed by atoms with van der Waals surface area (Å²) >= 11 is 0. The number of piperazine rings is 1. The Morgan fingerprint density at radius 3 is 1.82 bits per heavy atom. The summed E-state index contributed by atoms with van der Waals surface area (Å²) < 4.78 is 229. The minimum absolute atomic E-state index is 0.0482. The van der Waals surface area contributed by atoms with E-state index in [9.17, 15) is 60.1 Å². The van der Waals surface area contributed by atoms with Crippen molar-refractivity contribution < 1.29 is 133 Å². The zero-order valence-electron chi connectivity index (χ0n) is 62.0. The number of hydrogen-bond acceptors (Lipinski definition) is 22. The predicted molar refractivity (Wildman–Crippen MR) is 377 cm³/mol. The Hall–Kier alpha value is -9.76. The molecule has 8 rings (SSSR count). The van der Waals surface area contributed by atoms with Crippen molar-refractivity contribution in [1.82, 2.24) is 56.4 Å². The Morgan fingerprint density at radius 2 is 1.32 bits per heavy atom. The maximum Gasteiger partial charge on any atom is 0.524 e. The highest BCUT2D eigenvalue weighted by Gasteiger charge is 2.58. The van der Waals surface area contributed by atoms with Crippen LogP contribution in [0.3, 0.4) is 0 Å². The highest BCUT2D eigenvalue weighted by Crippen LogP contribution is 2.47. The van der Waals surface area contributed by atoms with Gasteiger partial charge in [0.1, 0.15) is 41.6 Å². The molecule has 0 aliphatic carbocycles. The molecule has 113 heavy (non-hydrogen) atoms. The SMILES string of the molecule is COC(=O)N[C@H](C(=O)N[C@@H](Cc1ccc(C#Cc2cnc(N3CC4CCC(C3)N4C3COC3)nc2)cc1)[C@H](CN(Cc1c(F)cc(-c2ccn(C(F)F)n2)cc1F)NC(=O)[C@@H](NC(=O)OC)C(C)(C)C(F)(F)F)OC(=O)CC(C)(C)c1c(CC(=O)N[C@@H](CCS(=O)(=O)O)C(=O)OC)cccc1OP(=O)(O)O)C(C)(C)C(F)(F)F. The number of anilines is 1. The number of phosphoric ester groups is 1. The number of alkyl halides is 8. The molecular weight excluding hydrogens is 1570 g/mol. The second-order valence-electron chi connectivity index (χ2n) is 28.6. The average Bonchev–Trinajstić information content (AvgIpc) is 1.75. The van der Waals surface area contributed by atoms with E-state index in [0.717, 1.165) is 51.5 Å². The Labute approximate surface area is 640 Å². The minimum atomic E-state index is -5.66. The first-order valence-electron chi connectivity index (χ1n) is 34.5. The molecule has 43 heteroatoms. The molecule has 0 spiro atoms. The molecule has 618 valence electrons. The Balaban J connectivity index is 1.27. The van der Waals surface area contributed by atoms with Crippen molar-refractivity contribution in [3.63, 3.8) is 0 Å². The maximum absolute atomic E-state index is 16.9. The van der Waals surface area contributed by atoms with Gasteiger partial charge in [-0.2, -0.15) is 48.6 Å². The van der Waals surface area contributed by atoms with E-state index in [1.807, 2.05) is 10.7 Å². The van der Waals surface area contributed by atoms with E-state index < -0.39 is 209 Å². The molecule has 2 bridgehead atoms. The summed E-state index contributed by atoms with van der Waals surface area (Å²) in [6.45, 7) is 0.914. The van der Waals surface area contributed by atoms with Crippen molar-refractivity contribution in [2.24, 2.45) is 10.8 Å². The van der Waals surface area contributed by atoms with Crippen molar-refractivity contribution in [3.8, 4) is 28.8 Å². The van der Waals surface area contributed by atoms with Crippen molar-refractivity contribution in [2.75, 3.05) is 64.8 Å². The highest BCUT2D eigenvalue weighted by molar-refractivity contribution is 7.85. The van der Waals surface area contributed by atoms with Crippen molar-refractivity contribution in [1.29, 1.82) is 0 Å². The van der Waals surface area contributed by atoms with Crippen molar-refractivity contribution in [2.45, 2.75) is 159 Å². The molecule has 3 aliphatic rings. The standard InChI is InChI=1S/C70H83F10N12O19PS/c1-66(2,56-41(11-10-12-52(56)111-112(100,101)102)28-54(93)83-50(61(97)106-7)22-24-113(103,104)105)29-55(94)110-53(35-90(88-60(96)58(86-65(99)108-9)68(5,6)70(78,79)80)34-46-47(71)26-42(27-48(46)72)49-21-23-91(87-49)62(73)74)51(84-59(95)57(85-64(98)107-8)67(3,4)69(75,76)77)25-39-16-13-38(14-17-39)15-18-40-30-81-63(82-31-40)89-32-43-19-20-44(33-89)92(43)45-36-109-37-45/h10-14,16-17,21,23,26-27,30-31,43-45,50-51,53,57-58,62H,19-20,22,24-25,28-29,32-37H2,1-9H3,(H,83,93)(H,84,95)(H,85,98)(H,86,99)(H,88,96)(H2,100,101,102)(H,103,104,105)/t43?,44?,50-,51-,53-,57+,58+/m0/s1. The highest BCUT2D eigenvalue weighted by atomic mass is 32.2. The number of nitrogens with one attached hydrogen (secondary N) is 5. The Morgan fingerprint density at radius 1 is 0.752 bits per heavy atom. The van der Waals surface area contributed by atoms with Gasteiger partial charge in [-0.05, 0) is 101 Å². The summed E-state index contributed by atoms with van der Waals surface area (Å²) in [4.78, 5) is 132. The van der Waals surface area contributed by atoms with Crippen LogP contribution in [0.5, 0.6) is 5.75 Å². The summed E-state index contributed by atoms with van der Waals surface area (Å²) in [7, 11) is -8.11. The quantitative estimate of drug-likeness (QED) is 0.00413. The molecule has 3 saturated heterocycles. The van der Waals surface area contributed by atoms with E-state index in [2.05, 4.69) is 61.6 Å². The number of carbonyl (C=O) groups excluding carboxylic acids is 7. The molecule has 0 radical (unpaired) electrons. The number of rotatable bonds is 32. The number of esters is 2. The van der Waals surface area contributed by atoms with Gasteiger partial charge in [0.15, 0.2) is 0 Å². The molecule has 3 aliphatic heterocycles. The summed E-state index contributed by atoms with van der Waals surface area (Å²) in [6, 6.07) is 2.34. The third-order valence-electron chi connectivity index (χ3n) is 19.3. The van der Waals surface area contributed by atoms with E-state index in [-0.39, 0.29) is 33.5 Å². The smallest absolute Gasteiger partial charge is 0.467 e. The van der Waals surface area contributed by atoms with Gasteiger partial charge in [-0.3, -0.25) is 43.8 Å². The number of phosphoric acid groups is 1. The van der Waals surface area contributed by atoms with E-state index in [4.69, 9.17) is 14.0 Å². The minimum Gasteiger partial charge on any atom is -0.467 e. The number of nitrogens with zero attached hydrogens (tertiary/aromatic N) is 7. The van der Waals surface area contributed by atoms with Crippen LogP contribution in [0, 0.1) is 34.3 Å². The van der Waals surface area contributed by atoms with E-state index in [1.165, 1.54) is 56.6 Å². The van der Waals surface area contributed by atoms with Crippen LogP contribution in [0.15, 0.2) is 79.3 Å². The monoisotopic (exact) mass is 1650 g/mol. The molecule has 3 fully saturated rings. The Kier molecular flexibility index (Phi) is 28.4. The second kappa shape index (κ2) is 36.2. The van der Waals surface area contributed by atoms with Gasteiger partial charge in [-0.15, -0.1) is 0 Å². The van der Waals surface area contributed by atoms with Crippen LogP contribution >= 0.6 is 7.82 Å². The largest absolute Gasteiger partial charge is 0.524 e. The Bertz CT molecular complexity index is 4490. The summed E-state index contributed by atoms with van der Waals surface area (Å²) in [5, 5.41) is 12.1. The van der Waals surface area contributed by atoms with Gasteiger partial charge in [0, 0.05) is 78.0 Å². The van der Waals surface area contributed by atoms with Crippen molar-refractivity contribution in [3.05, 3.63) is 124 Å². The normalized spacial score (nSPS) is 17.1. The maximum atomic E-state index is 16.9. The van der Waals surface area contributed by atoms with Gasteiger partial charge in [0.05, 0.1) is 93.9 Å². The summed E-state index contributed by atoms with van der Waals surface area (Å²) in [5.41, 5.74) is -8.68. The molecule has 5 heterocycles. The second-order valence-corrected chi connectivity index (χ2v) is 31.4. The van der Waals surface area contributed by atoms with E-state index in [1.54, 1.807) is 5.32 Å². The number of fused-ring (bicyclic) bond motifs is 2. The van der Waals surface area contributed by atoms with Crippen LogP contribution < -0.4 is 36.1 Å². The molecule has 5 aromatic rings. The first kappa shape index (κ1) is 88.8. The lowest BCUT2D eigenvalue weighted by atomic mass is 9.77. The first-order valence-corrected chi connectivity index (χ1v) is 37.7. The van der Waals surface area contributed by atoms with Gasteiger partial charge >= 0.3 is 50.8 Å². The predicted octanol–water partition coefficient (Wildman–Crippen LogP) is 6.88. The van der Waals surface area contributed by atoms with Crippen LogP contribution in [-0.4, -0.2) is 215 Å². The summed E-state index contributed by atoms with van der Waals surface area (Å²) in [6.07, 6.45) is -14.3. The molecule has 5 amide bonds. The molecule has 7 atom stereocenters. The number of amides is 5. The molecule has 31 nitrogen and oxygen atoms in total. The summed E-state index contributed by atoms with van der Waals surface area (Å²) in [5.74, 6) is -6.19. The van der Waals surface area contributed by atoms with Crippen LogP contribution in [0.1, 0.15) is 107 Å². The van der Waals surface area contributed by atoms with E-state index >= 15 is 44.7 Å². The number of aromatic nitrogens is 4. The number of benzene rings is 3. The number of carbonyl (C=O) groups is 7. The number of methoxy groups -OCH3 is 3. The topological polar surface area (TPSA) is 400 Å². The fourth-order valence-corrected chi connectivity index (χ4v) is 14.0. The number of ether oxygens (including phenoxy) is 5. The number of hydrazine groups is 1. The zero-order chi connectivity index (χ0) is 83.7. The molecule has 2 aromatic heterocycles. The number of alkyl carbamates (subject to hydrolysis) is 2. The van der Waals surface area contributed by atoms with E-state index in [0.29, 0.717) is 95.8 Å². The average molecular weight is 1650 g/mol. The molecule has 2 unspecified atom stereocenters. The lowest BCUT2D eigenvalue weighted by molar-refractivity contribution is -0.221. The molecule has 8 N–H and O–H groups in total. The van der Waals surface area contributed by atoms with Gasteiger partial charge in [0.25, 0.3) is 16.0 Å². The van der Waals surface area contributed by atoms with Crippen LogP contribution in [0.4, 0.5) is 59.4 Å². The van der Waals surface area contributed by atoms with Gasteiger partial charge < -0.3 is 54.4 Å². The lowest BCUT2D eigenvalue weighted by Crippen LogP contribution is -2.64.